The van der Waals surface area contributed by atoms with Gasteiger partial charge in [0.15, 0.2) is 5.82 Å². The standard InChI is InChI=1S/C24H21FN4/c1-16-17(2)29(15-19-6-4-3-5-7-19)23-22(16)12-21(13-26)28-24(23)27-14-18-8-10-20(25)11-9-18/h3-12H,14-15H2,1-2H3,(H,27,28). The molecule has 1 N–H and O–H groups in total. The third kappa shape index (κ3) is 3.70. The van der Waals surface area contributed by atoms with Crippen molar-refractivity contribution in [2.24, 2.45) is 0 Å². The number of anilines is 1. The van der Waals surface area contributed by atoms with Gasteiger partial charge in [0.25, 0.3) is 0 Å². The number of rotatable bonds is 5. The molecule has 0 saturated heterocycles. The Bertz CT molecular complexity index is 1200. The Kier molecular flexibility index (Phi) is 5.01. The summed E-state index contributed by atoms with van der Waals surface area (Å²) in [7, 11) is 0. The number of nitrogens with zero attached hydrogens (tertiary/aromatic N) is 3. The molecule has 4 rings (SSSR count). The minimum absolute atomic E-state index is 0.260. The number of pyridine rings is 1. The first-order chi connectivity index (χ1) is 14.1. The Labute approximate surface area is 169 Å². The van der Waals surface area contributed by atoms with Gasteiger partial charge in [-0.05, 0) is 48.7 Å². The van der Waals surface area contributed by atoms with Crippen LogP contribution in [0.25, 0.3) is 10.9 Å². The Balaban J connectivity index is 1.80. The van der Waals surface area contributed by atoms with E-state index in [0.29, 0.717) is 18.1 Å². The first-order valence-electron chi connectivity index (χ1n) is 9.49. The zero-order valence-electron chi connectivity index (χ0n) is 16.4. The second-order valence-corrected chi connectivity index (χ2v) is 7.13. The zero-order valence-corrected chi connectivity index (χ0v) is 16.4. The van der Waals surface area contributed by atoms with Crippen LogP contribution in [0, 0.1) is 31.0 Å². The average Bonchev–Trinajstić information content (AvgIpc) is 2.98. The SMILES string of the molecule is Cc1c(C)n(Cc2ccccc2)c2c(NCc3ccc(F)cc3)nc(C#N)cc12. The molecular weight excluding hydrogens is 363 g/mol. The minimum atomic E-state index is -0.260. The van der Waals surface area contributed by atoms with Crippen LogP contribution >= 0.6 is 0 Å². The molecule has 0 aliphatic rings. The lowest BCUT2D eigenvalue weighted by Crippen LogP contribution is -2.07. The van der Waals surface area contributed by atoms with Crippen LogP contribution in [-0.4, -0.2) is 9.55 Å². The number of halogens is 1. The van der Waals surface area contributed by atoms with Gasteiger partial charge in [0.1, 0.15) is 17.6 Å². The molecule has 144 valence electrons. The fraction of sp³-hybridized carbons (Fsp3) is 0.167. The van der Waals surface area contributed by atoms with Gasteiger partial charge in [-0.1, -0.05) is 42.5 Å². The first kappa shape index (κ1) is 18.7. The van der Waals surface area contributed by atoms with Crippen molar-refractivity contribution in [1.82, 2.24) is 9.55 Å². The first-order valence-corrected chi connectivity index (χ1v) is 9.49. The Morgan fingerprint density at radius 3 is 2.45 bits per heavy atom. The number of nitriles is 1. The number of hydrogen-bond donors (Lipinski definition) is 1. The van der Waals surface area contributed by atoms with Gasteiger partial charge >= 0.3 is 0 Å². The lowest BCUT2D eigenvalue weighted by molar-refractivity contribution is 0.627. The number of nitrogens with one attached hydrogen (secondary N) is 1. The lowest BCUT2D eigenvalue weighted by atomic mass is 10.1. The monoisotopic (exact) mass is 384 g/mol. The topological polar surface area (TPSA) is 53.6 Å². The Morgan fingerprint density at radius 2 is 1.76 bits per heavy atom. The molecule has 0 saturated carbocycles. The van der Waals surface area contributed by atoms with Crippen LogP contribution in [0.15, 0.2) is 60.7 Å². The summed E-state index contributed by atoms with van der Waals surface area (Å²) in [6.45, 7) is 5.37. The van der Waals surface area contributed by atoms with Gasteiger partial charge in [-0.3, -0.25) is 0 Å². The summed E-state index contributed by atoms with van der Waals surface area (Å²) < 4.78 is 15.4. The molecular formula is C24H21FN4. The Hall–Kier alpha value is -3.65. The second kappa shape index (κ2) is 7.76. The third-order valence-corrected chi connectivity index (χ3v) is 5.29. The van der Waals surface area contributed by atoms with Gasteiger partial charge in [0, 0.05) is 24.2 Å². The van der Waals surface area contributed by atoms with Crippen LogP contribution in [0.5, 0.6) is 0 Å². The molecule has 29 heavy (non-hydrogen) atoms. The van der Waals surface area contributed by atoms with Crippen molar-refractivity contribution in [3.8, 4) is 6.07 Å². The number of hydrogen-bond acceptors (Lipinski definition) is 3. The summed E-state index contributed by atoms with van der Waals surface area (Å²) in [5.41, 5.74) is 5.77. The van der Waals surface area contributed by atoms with Crippen molar-refractivity contribution in [3.63, 3.8) is 0 Å². The molecule has 2 heterocycles. The van der Waals surface area contributed by atoms with Crippen molar-refractivity contribution in [3.05, 3.63) is 94.6 Å². The van der Waals surface area contributed by atoms with E-state index in [1.807, 2.05) is 24.3 Å². The molecule has 0 spiro atoms. The molecule has 4 aromatic rings. The molecule has 5 heteroatoms. The summed E-state index contributed by atoms with van der Waals surface area (Å²) in [4.78, 5) is 4.54. The van der Waals surface area contributed by atoms with Gasteiger partial charge < -0.3 is 9.88 Å². The number of aryl methyl sites for hydroxylation is 1. The maximum atomic E-state index is 13.2. The third-order valence-electron chi connectivity index (χ3n) is 5.29. The quantitative estimate of drug-likeness (QED) is 0.506. The molecule has 0 aliphatic heterocycles. The molecule has 0 amide bonds. The average molecular weight is 384 g/mol. The van der Waals surface area contributed by atoms with E-state index in [4.69, 9.17) is 0 Å². The van der Waals surface area contributed by atoms with Crippen LogP contribution in [0.2, 0.25) is 0 Å². The van der Waals surface area contributed by atoms with E-state index in [-0.39, 0.29) is 5.82 Å². The van der Waals surface area contributed by atoms with Crippen LogP contribution in [0.4, 0.5) is 10.2 Å². The molecule has 2 aromatic carbocycles. The summed E-state index contributed by atoms with van der Waals surface area (Å²) in [6, 6.07) is 20.7. The molecule has 2 aromatic heterocycles. The molecule has 0 fully saturated rings. The van der Waals surface area contributed by atoms with Gasteiger partial charge in [0.05, 0.1) is 5.52 Å². The van der Waals surface area contributed by atoms with Crippen molar-refractivity contribution >= 4 is 16.7 Å². The molecule has 0 radical (unpaired) electrons. The second-order valence-electron chi connectivity index (χ2n) is 7.13. The van der Waals surface area contributed by atoms with Crippen LogP contribution < -0.4 is 5.32 Å². The highest BCUT2D eigenvalue weighted by Gasteiger charge is 2.17. The highest BCUT2D eigenvalue weighted by Crippen LogP contribution is 2.31. The van der Waals surface area contributed by atoms with Crippen molar-refractivity contribution in [1.29, 1.82) is 5.26 Å². The summed E-state index contributed by atoms with van der Waals surface area (Å²) in [5.74, 6) is 0.402. The van der Waals surface area contributed by atoms with E-state index in [2.05, 4.69) is 46.9 Å². The van der Waals surface area contributed by atoms with E-state index >= 15 is 0 Å². The lowest BCUT2D eigenvalue weighted by Gasteiger charge is -2.13. The van der Waals surface area contributed by atoms with Crippen LogP contribution in [0.3, 0.4) is 0 Å². The van der Waals surface area contributed by atoms with Gasteiger partial charge in [-0.2, -0.15) is 5.26 Å². The molecule has 0 bridgehead atoms. The molecule has 0 unspecified atom stereocenters. The predicted octanol–water partition coefficient (Wildman–Crippen LogP) is 5.32. The van der Waals surface area contributed by atoms with E-state index in [1.54, 1.807) is 12.1 Å². The minimum Gasteiger partial charge on any atom is -0.364 e. The van der Waals surface area contributed by atoms with Crippen LogP contribution in [-0.2, 0) is 13.1 Å². The molecule has 4 nitrogen and oxygen atoms in total. The smallest absolute Gasteiger partial charge is 0.152 e. The van der Waals surface area contributed by atoms with E-state index in [9.17, 15) is 9.65 Å². The van der Waals surface area contributed by atoms with E-state index in [0.717, 1.165) is 34.3 Å². The predicted molar refractivity (Wildman–Crippen MR) is 113 cm³/mol. The molecule has 0 aliphatic carbocycles. The zero-order chi connectivity index (χ0) is 20.4. The summed E-state index contributed by atoms with van der Waals surface area (Å²) in [6.07, 6.45) is 0. The normalized spacial score (nSPS) is 10.8. The fourth-order valence-corrected chi connectivity index (χ4v) is 3.59. The van der Waals surface area contributed by atoms with E-state index in [1.165, 1.54) is 17.7 Å². The van der Waals surface area contributed by atoms with Gasteiger partial charge in [0.2, 0.25) is 0 Å². The summed E-state index contributed by atoms with van der Waals surface area (Å²) >= 11 is 0. The van der Waals surface area contributed by atoms with Crippen molar-refractivity contribution < 1.29 is 4.39 Å². The highest BCUT2D eigenvalue weighted by molar-refractivity contribution is 5.94. The van der Waals surface area contributed by atoms with Crippen LogP contribution in [0.1, 0.15) is 28.1 Å². The van der Waals surface area contributed by atoms with Crippen molar-refractivity contribution in [2.45, 2.75) is 26.9 Å². The van der Waals surface area contributed by atoms with E-state index < -0.39 is 0 Å². The highest BCUT2D eigenvalue weighted by atomic mass is 19.1. The number of aromatic nitrogens is 2. The maximum Gasteiger partial charge on any atom is 0.152 e. The number of fused-ring (bicyclic) bond motifs is 1. The summed E-state index contributed by atoms with van der Waals surface area (Å²) in [5, 5.41) is 13.8. The van der Waals surface area contributed by atoms with Gasteiger partial charge in [-0.15, -0.1) is 0 Å². The number of benzene rings is 2. The van der Waals surface area contributed by atoms with Gasteiger partial charge in [-0.25, -0.2) is 9.37 Å². The van der Waals surface area contributed by atoms with Crippen molar-refractivity contribution in [2.75, 3.05) is 5.32 Å². The molecule has 0 atom stereocenters. The fourth-order valence-electron chi connectivity index (χ4n) is 3.59. The maximum absolute atomic E-state index is 13.2. The Morgan fingerprint density at radius 1 is 1.03 bits per heavy atom. The largest absolute Gasteiger partial charge is 0.364 e.